The molecule has 1 aliphatic rings. The van der Waals surface area contributed by atoms with Gasteiger partial charge in [-0.3, -0.25) is 4.79 Å². The zero-order chi connectivity index (χ0) is 16.8. The number of esters is 1. The average Bonchev–Trinajstić information content (AvgIpc) is 2.58. The number of carbonyl (C=O) groups is 2. The van der Waals surface area contributed by atoms with Gasteiger partial charge in [-0.05, 0) is 30.2 Å². The second-order valence-corrected chi connectivity index (χ2v) is 5.59. The molecule has 1 aliphatic heterocycles. The average molecular weight is 339 g/mol. The van der Waals surface area contributed by atoms with E-state index in [0.29, 0.717) is 24.5 Å². The summed E-state index contributed by atoms with van der Waals surface area (Å²) >= 11 is 5.81. The molecule has 124 valence electrons. The van der Waals surface area contributed by atoms with Gasteiger partial charge in [0.15, 0.2) is 0 Å². The number of carbonyl (C=O) groups excluding carboxylic acids is 2. The van der Waals surface area contributed by atoms with Crippen molar-refractivity contribution in [3.05, 3.63) is 35.1 Å². The molecule has 0 aliphatic carbocycles. The Bertz CT molecular complexity index is 605. The van der Waals surface area contributed by atoms with Gasteiger partial charge in [0.25, 0.3) is 0 Å². The number of methoxy groups -OCH3 is 2. The second-order valence-electron chi connectivity index (χ2n) is 5.20. The molecule has 0 spiro atoms. The van der Waals surface area contributed by atoms with E-state index in [4.69, 9.17) is 21.1 Å². The van der Waals surface area contributed by atoms with Crippen LogP contribution in [-0.4, -0.2) is 54.7 Å². The molecule has 23 heavy (non-hydrogen) atoms. The number of pyridine rings is 1. The number of aromatic nitrogens is 1. The fourth-order valence-corrected chi connectivity index (χ4v) is 2.74. The Morgan fingerprint density at radius 3 is 2.87 bits per heavy atom. The van der Waals surface area contributed by atoms with Gasteiger partial charge in [-0.1, -0.05) is 11.6 Å². The van der Waals surface area contributed by atoms with E-state index >= 15 is 0 Å². The third-order valence-corrected chi connectivity index (χ3v) is 4.02. The quantitative estimate of drug-likeness (QED) is 0.476. The highest BCUT2D eigenvalue weighted by molar-refractivity contribution is 6.29. The van der Waals surface area contributed by atoms with Crippen LogP contribution >= 0.6 is 11.6 Å². The van der Waals surface area contributed by atoms with Crippen molar-refractivity contribution in [2.45, 2.75) is 25.0 Å². The normalized spacial score (nSPS) is 21.4. The van der Waals surface area contributed by atoms with Crippen molar-refractivity contribution < 1.29 is 19.1 Å². The Morgan fingerprint density at radius 2 is 2.22 bits per heavy atom. The molecule has 1 aromatic rings. The minimum atomic E-state index is -0.628. The number of rotatable bonds is 4. The highest BCUT2D eigenvalue weighted by Crippen LogP contribution is 2.21. The molecule has 0 N–H and O–H groups in total. The minimum absolute atomic E-state index is 0.0499. The summed E-state index contributed by atoms with van der Waals surface area (Å²) in [6.45, 7) is 0.443. The van der Waals surface area contributed by atoms with Crippen molar-refractivity contribution in [2.75, 3.05) is 20.8 Å². The van der Waals surface area contributed by atoms with Crippen molar-refractivity contribution in [1.29, 1.82) is 0 Å². The van der Waals surface area contributed by atoms with E-state index < -0.39 is 12.0 Å². The lowest BCUT2D eigenvalue weighted by Crippen LogP contribution is -2.51. The summed E-state index contributed by atoms with van der Waals surface area (Å²) < 4.78 is 10.1. The van der Waals surface area contributed by atoms with E-state index in [9.17, 15) is 9.59 Å². The first-order valence-electron chi connectivity index (χ1n) is 7.26. The summed E-state index contributed by atoms with van der Waals surface area (Å²) in [6, 6.07) is 2.77. The number of hydrogen-bond acceptors (Lipinski definition) is 5. The Labute approximate surface area is 140 Å². The number of likely N-dealkylation sites (tertiary alicyclic amines) is 1. The molecular formula is C16H19ClN2O4. The fraction of sp³-hybridized carbons (Fsp3) is 0.438. The molecule has 1 amide bonds. The lowest BCUT2D eigenvalue weighted by molar-refractivity contribution is -0.155. The second kappa shape index (κ2) is 8.08. The van der Waals surface area contributed by atoms with Gasteiger partial charge in [0.05, 0.1) is 13.2 Å². The maximum atomic E-state index is 12.4. The zero-order valence-corrected chi connectivity index (χ0v) is 13.8. The van der Waals surface area contributed by atoms with Crippen molar-refractivity contribution in [2.24, 2.45) is 0 Å². The summed E-state index contributed by atoms with van der Waals surface area (Å²) in [5, 5.41) is 0.355. The zero-order valence-electron chi connectivity index (χ0n) is 13.1. The molecule has 1 saturated heterocycles. The van der Waals surface area contributed by atoms with Gasteiger partial charge >= 0.3 is 5.97 Å². The van der Waals surface area contributed by atoms with Crippen molar-refractivity contribution >= 4 is 29.6 Å². The number of nitrogens with zero attached hydrogens (tertiary/aromatic N) is 2. The molecule has 6 nitrogen and oxygen atoms in total. The van der Waals surface area contributed by atoms with E-state index in [1.54, 1.807) is 31.5 Å². The molecule has 0 radical (unpaired) electrons. The maximum Gasteiger partial charge on any atom is 0.328 e. The topological polar surface area (TPSA) is 68.7 Å². The van der Waals surface area contributed by atoms with Crippen LogP contribution in [0, 0.1) is 0 Å². The van der Waals surface area contributed by atoms with Gasteiger partial charge in [-0.25, -0.2) is 9.78 Å². The maximum absolute atomic E-state index is 12.4. The Morgan fingerprint density at radius 1 is 1.43 bits per heavy atom. The molecule has 2 rings (SSSR count). The number of amides is 1. The third-order valence-electron chi connectivity index (χ3n) is 3.81. The van der Waals surface area contributed by atoms with Crippen LogP contribution in [0.2, 0.25) is 5.15 Å². The number of ether oxygens (including phenoxy) is 2. The van der Waals surface area contributed by atoms with Crippen LogP contribution in [0.3, 0.4) is 0 Å². The number of halogens is 1. The van der Waals surface area contributed by atoms with E-state index in [0.717, 1.165) is 5.56 Å². The molecule has 0 bridgehead atoms. The van der Waals surface area contributed by atoms with Crippen LogP contribution < -0.4 is 0 Å². The van der Waals surface area contributed by atoms with Crippen LogP contribution in [0.1, 0.15) is 18.4 Å². The van der Waals surface area contributed by atoms with E-state index in [2.05, 4.69) is 4.98 Å². The number of piperidine rings is 1. The molecule has 0 saturated carbocycles. The highest BCUT2D eigenvalue weighted by atomic mass is 35.5. The SMILES string of the molecule is COC(=O)C1CC(OC)CCN1C(=O)/C=C/c1ccnc(Cl)c1. The van der Waals surface area contributed by atoms with Crippen LogP contribution in [0.15, 0.2) is 24.4 Å². The van der Waals surface area contributed by atoms with E-state index in [1.807, 2.05) is 0 Å². The fourth-order valence-electron chi connectivity index (χ4n) is 2.55. The predicted octanol–water partition coefficient (Wildman–Crippen LogP) is 1.93. The van der Waals surface area contributed by atoms with Crippen molar-refractivity contribution in [3.8, 4) is 0 Å². The first-order valence-corrected chi connectivity index (χ1v) is 7.63. The molecule has 2 heterocycles. The lowest BCUT2D eigenvalue weighted by atomic mass is 9.99. The molecule has 0 aromatic carbocycles. The molecule has 2 unspecified atom stereocenters. The molecule has 1 fully saturated rings. The molecule has 1 aromatic heterocycles. The third kappa shape index (κ3) is 4.53. The predicted molar refractivity (Wildman–Crippen MR) is 85.8 cm³/mol. The molecular weight excluding hydrogens is 320 g/mol. The summed E-state index contributed by atoms with van der Waals surface area (Å²) in [5.74, 6) is -0.677. The highest BCUT2D eigenvalue weighted by Gasteiger charge is 2.36. The Kier molecular flexibility index (Phi) is 6.12. The van der Waals surface area contributed by atoms with E-state index in [1.165, 1.54) is 18.1 Å². The molecule has 7 heteroatoms. The van der Waals surface area contributed by atoms with Crippen LogP contribution in [-0.2, 0) is 19.1 Å². The smallest absolute Gasteiger partial charge is 0.328 e. The van der Waals surface area contributed by atoms with E-state index in [-0.39, 0.29) is 12.0 Å². The van der Waals surface area contributed by atoms with Crippen LogP contribution in [0.25, 0.3) is 6.08 Å². The van der Waals surface area contributed by atoms with Gasteiger partial charge < -0.3 is 14.4 Å². The summed E-state index contributed by atoms with van der Waals surface area (Å²) in [5.41, 5.74) is 0.764. The van der Waals surface area contributed by atoms with Gasteiger partial charge in [-0.15, -0.1) is 0 Å². The summed E-state index contributed by atoms with van der Waals surface area (Å²) in [6.07, 6.45) is 5.70. The monoisotopic (exact) mass is 338 g/mol. The number of hydrogen-bond donors (Lipinski definition) is 0. The van der Waals surface area contributed by atoms with Crippen LogP contribution in [0.4, 0.5) is 0 Å². The molecule has 2 atom stereocenters. The standard InChI is InChI=1S/C16H19ClN2O4/c1-22-12-6-8-19(13(10-12)16(21)23-2)15(20)4-3-11-5-7-18-14(17)9-11/h3-5,7,9,12-13H,6,8,10H2,1-2H3/b4-3+. The summed E-state index contributed by atoms with van der Waals surface area (Å²) in [4.78, 5) is 29.8. The van der Waals surface area contributed by atoms with Gasteiger partial charge in [-0.2, -0.15) is 0 Å². The summed E-state index contributed by atoms with van der Waals surface area (Å²) in [7, 11) is 2.92. The van der Waals surface area contributed by atoms with Gasteiger partial charge in [0.1, 0.15) is 11.2 Å². The van der Waals surface area contributed by atoms with Crippen LogP contribution in [0.5, 0.6) is 0 Å². The minimum Gasteiger partial charge on any atom is -0.467 e. The first kappa shape index (κ1) is 17.4. The van der Waals surface area contributed by atoms with Crippen molar-refractivity contribution in [1.82, 2.24) is 9.88 Å². The Hall–Kier alpha value is -1.92. The first-order chi connectivity index (χ1) is 11.0. The largest absolute Gasteiger partial charge is 0.467 e. The Balaban J connectivity index is 2.11. The van der Waals surface area contributed by atoms with Gasteiger partial charge in [0.2, 0.25) is 5.91 Å². The van der Waals surface area contributed by atoms with Gasteiger partial charge in [0, 0.05) is 32.3 Å². The lowest BCUT2D eigenvalue weighted by Gasteiger charge is -2.36. The van der Waals surface area contributed by atoms with Crippen molar-refractivity contribution in [3.63, 3.8) is 0 Å².